The van der Waals surface area contributed by atoms with E-state index in [4.69, 9.17) is 11.6 Å². The highest BCUT2D eigenvalue weighted by atomic mass is 35.5. The van der Waals surface area contributed by atoms with Crippen molar-refractivity contribution in [3.8, 4) is 0 Å². The minimum Gasteiger partial charge on any atom is -0.323 e. The molecule has 1 saturated heterocycles. The summed E-state index contributed by atoms with van der Waals surface area (Å²) in [5.41, 5.74) is 1.71. The zero-order chi connectivity index (χ0) is 16.8. The summed E-state index contributed by atoms with van der Waals surface area (Å²) in [5, 5.41) is 3.56. The maximum absolute atomic E-state index is 12.4. The van der Waals surface area contributed by atoms with Crippen molar-refractivity contribution >= 4 is 35.6 Å². The standard InChI is InChI=1S/C18H28ClN3O.ClH/c1-14(2)22(12-11-21-9-4-5-10-21)13-17(23)20-18-15(3)7-6-8-16(18)19;/h6-8,14H,4-5,9-13H2,1-3H3,(H,20,23);1H. The summed E-state index contributed by atoms with van der Waals surface area (Å²) in [5.74, 6) is -0.00341. The summed E-state index contributed by atoms with van der Waals surface area (Å²) in [6.07, 6.45) is 2.60. The molecule has 6 heteroatoms. The molecule has 0 atom stereocenters. The fourth-order valence-corrected chi connectivity index (χ4v) is 3.22. The van der Waals surface area contributed by atoms with Crippen LogP contribution in [0.1, 0.15) is 32.3 Å². The van der Waals surface area contributed by atoms with Crippen LogP contribution in [0.2, 0.25) is 5.02 Å². The van der Waals surface area contributed by atoms with Crippen molar-refractivity contribution in [2.75, 3.05) is 38.0 Å². The lowest BCUT2D eigenvalue weighted by Crippen LogP contribution is -2.42. The molecule has 0 aromatic heterocycles. The molecule has 1 N–H and O–H groups in total. The number of carbonyl (C=O) groups excluding carboxylic acids is 1. The number of benzene rings is 1. The third-order valence-corrected chi connectivity index (χ3v) is 4.78. The Labute approximate surface area is 156 Å². The first kappa shape index (κ1) is 21.2. The van der Waals surface area contributed by atoms with Gasteiger partial charge in [-0.1, -0.05) is 23.7 Å². The van der Waals surface area contributed by atoms with E-state index in [-0.39, 0.29) is 18.3 Å². The number of hydrogen-bond donors (Lipinski definition) is 1. The molecule has 1 fully saturated rings. The van der Waals surface area contributed by atoms with Gasteiger partial charge in [-0.2, -0.15) is 0 Å². The molecule has 0 bridgehead atoms. The number of amides is 1. The van der Waals surface area contributed by atoms with Gasteiger partial charge < -0.3 is 10.2 Å². The van der Waals surface area contributed by atoms with Crippen LogP contribution in [0.4, 0.5) is 5.69 Å². The van der Waals surface area contributed by atoms with Gasteiger partial charge in [-0.15, -0.1) is 12.4 Å². The molecule has 1 aliphatic rings. The molecular weight excluding hydrogens is 345 g/mol. The van der Waals surface area contributed by atoms with Crippen LogP contribution in [0.15, 0.2) is 18.2 Å². The van der Waals surface area contributed by atoms with Crippen LogP contribution < -0.4 is 5.32 Å². The minimum absolute atomic E-state index is 0. The van der Waals surface area contributed by atoms with Crippen molar-refractivity contribution in [2.24, 2.45) is 0 Å². The Morgan fingerprint density at radius 3 is 2.58 bits per heavy atom. The lowest BCUT2D eigenvalue weighted by atomic mass is 10.2. The van der Waals surface area contributed by atoms with E-state index in [0.717, 1.165) is 24.3 Å². The minimum atomic E-state index is -0.00341. The summed E-state index contributed by atoms with van der Waals surface area (Å²) in [4.78, 5) is 17.1. The number of para-hydroxylation sites is 1. The van der Waals surface area contributed by atoms with Crippen LogP contribution in [0.5, 0.6) is 0 Å². The van der Waals surface area contributed by atoms with Gasteiger partial charge in [0, 0.05) is 19.1 Å². The van der Waals surface area contributed by atoms with E-state index in [1.165, 1.54) is 25.9 Å². The van der Waals surface area contributed by atoms with Crippen molar-refractivity contribution in [2.45, 2.75) is 39.7 Å². The number of nitrogens with zero attached hydrogens (tertiary/aromatic N) is 2. The van der Waals surface area contributed by atoms with E-state index >= 15 is 0 Å². The van der Waals surface area contributed by atoms with E-state index in [9.17, 15) is 4.79 Å². The molecule has 0 radical (unpaired) electrons. The second-order valence-corrected chi connectivity index (χ2v) is 7.00. The number of aryl methyl sites for hydroxylation is 1. The van der Waals surface area contributed by atoms with Gasteiger partial charge in [-0.25, -0.2) is 0 Å². The lowest BCUT2D eigenvalue weighted by molar-refractivity contribution is -0.117. The molecule has 4 nitrogen and oxygen atoms in total. The Hall–Kier alpha value is -0.810. The molecule has 1 heterocycles. The highest BCUT2D eigenvalue weighted by Crippen LogP contribution is 2.25. The highest BCUT2D eigenvalue weighted by Gasteiger charge is 2.18. The summed E-state index contributed by atoms with van der Waals surface area (Å²) < 4.78 is 0. The summed E-state index contributed by atoms with van der Waals surface area (Å²) in [7, 11) is 0. The van der Waals surface area contributed by atoms with Crippen LogP contribution in [0, 0.1) is 6.92 Å². The Balaban J connectivity index is 0.00000288. The Morgan fingerprint density at radius 1 is 1.33 bits per heavy atom. The van der Waals surface area contributed by atoms with E-state index in [0.29, 0.717) is 17.6 Å². The first-order chi connectivity index (χ1) is 11.0. The van der Waals surface area contributed by atoms with E-state index < -0.39 is 0 Å². The van der Waals surface area contributed by atoms with Gasteiger partial charge in [0.25, 0.3) is 0 Å². The molecule has 2 rings (SSSR count). The quantitative estimate of drug-likeness (QED) is 0.788. The van der Waals surface area contributed by atoms with Crippen LogP contribution >= 0.6 is 24.0 Å². The number of carbonyl (C=O) groups is 1. The molecule has 1 aliphatic heterocycles. The van der Waals surface area contributed by atoms with Gasteiger partial charge in [0.05, 0.1) is 17.3 Å². The summed E-state index contributed by atoms with van der Waals surface area (Å²) in [6.45, 7) is 11.0. The van der Waals surface area contributed by atoms with Crippen LogP contribution in [0.3, 0.4) is 0 Å². The fraction of sp³-hybridized carbons (Fsp3) is 0.611. The average molecular weight is 374 g/mol. The molecular formula is C18H29Cl2N3O. The van der Waals surface area contributed by atoms with Gasteiger partial charge in [0.15, 0.2) is 0 Å². The van der Waals surface area contributed by atoms with Gasteiger partial charge in [-0.3, -0.25) is 9.69 Å². The first-order valence-electron chi connectivity index (χ1n) is 8.48. The monoisotopic (exact) mass is 373 g/mol. The highest BCUT2D eigenvalue weighted by molar-refractivity contribution is 6.33. The molecule has 0 saturated carbocycles. The molecule has 1 amide bonds. The normalized spacial score (nSPS) is 14.9. The largest absolute Gasteiger partial charge is 0.323 e. The molecule has 1 aromatic carbocycles. The maximum Gasteiger partial charge on any atom is 0.238 e. The number of hydrogen-bond acceptors (Lipinski definition) is 3. The Kier molecular flexibility index (Phi) is 9.06. The number of nitrogens with one attached hydrogen (secondary N) is 1. The molecule has 0 spiro atoms. The van der Waals surface area contributed by atoms with Gasteiger partial charge in [-0.05, 0) is 58.3 Å². The predicted molar refractivity (Wildman–Crippen MR) is 104 cm³/mol. The van der Waals surface area contributed by atoms with Crippen LogP contribution in [0.25, 0.3) is 0 Å². The molecule has 0 aliphatic carbocycles. The summed E-state index contributed by atoms with van der Waals surface area (Å²) in [6, 6.07) is 5.99. The molecule has 1 aromatic rings. The number of anilines is 1. The topological polar surface area (TPSA) is 35.6 Å². The van der Waals surface area contributed by atoms with Crippen molar-refractivity contribution in [3.05, 3.63) is 28.8 Å². The van der Waals surface area contributed by atoms with Crippen molar-refractivity contribution in [1.29, 1.82) is 0 Å². The fourth-order valence-electron chi connectivity index (χ4n) is 2.95. The van der Waals surface area contributed by atoms with Gasteiger partial charge in [0.2, 0.25) is 5.91 Å². The predicted octanol–water partition coefficient (Wildman–Crippen LogP) is 3.81. The number of halogens is 2. The zero-order valence-corrected chi connectivity index (χ0v) is 16.4. The molecule has 24 heavy (non-hydrogen) atoms. The number of rotatable bonds is 7. The lowest BCUT2D eigenvalue weighted by Gasteiger charge is -2.28. The molecule has 0 unspecified atom stereocenters. The van der Waals surface area contributed by atoms with Gasteiger partial charge >= 0.3 is 0 Å². The number of likely N-dealkylation sites (tertiary alicyclic amines) is 1. The van der Waals surface area contributed by atoms with E-state index in [1.807, 2.05) is 19.1 Å². The van der Waals surface area contributed by atoms with Crippen molar-refractivity contribution < 1.29 is 4.79 Å². The van der Waals surface area contributed by atoms with E-state index in [2.05, 4.69) is 29.0 Å². The molecule has 136 valence electrons. The van der Waals surface area contributed by atoms with Crippen molar-refractivity contribution in [3.63, 3.8) is 0 Å². The second-order valence-electron chi connectivity index (χ2n) is 6.59. The maximum atomic E-state index is 12.4. The smallest absolute Gasteiger partial charge is 0.238 e. The van der Waals surface area contributed by atoms with E-state index in [1.54, 1.807) is 6.07 Å². The van der Waals surface area contributed by atoms with Gasteiger partial charge in [0.1, 0.15) is 0 Å². The summed E-state index contributed by atoms with van der Waals surface area (Å²) >= 11 is 6.18. The first-order valence-corrected chi connectivity index (χ1v) is 8.86. The van der Waals surface area contributed by atoms with Crippen LogP contribution in [-0.4, -0.2) is 54.5 Å². The third kappa shape index (κ3) is 6.25. The SMILES string of the molecule is Cc1cccc(Cl)c1NC(=O)CN(CCN1CCCC1)C(C)C.Cl. The zero-order valence-electron chi connectivity index (χ0n) is 14.8. The van der Waals surface area contributed by atoms with Crippen LogP contribution in [-0.2, 0) is 4.79 Å². The van der Waals surface area contributed by atoms with Crippen molar-refractivity contribution in [1.82, 2.24) is 9.80 Å². The Morgan fingerprint density at radius 2 is 2.00 bits per heavy atom. The third-order valence-electron chi connectivity index (χ3n) is 4.47. The Bertz CT molecular complexity index is 511. The second kappa shape index (κ2) is 10.2. The average Bonchev–Trinajstić information content (AvgIpc) is 3.00.